The normalized spacial score (nSPS) is 14.4. The first-order chi connectivity index (χ1) is 12.5. The van der Waals surface area contributed by atoms with Crippen LogP contribution in [0.3, 0.4) is 0 Å². The van der Waals surface area contributed by atoms with Crippen molar-refractivity contribution in [1.29, 1.82) is 0 Å². The van der Waals surface area contributed by atoms with Gasteiger partial charge in [0.1, 0.15) is 6.04 Å². The molecule has 3 rings (SSSR count). The fourth-order valence-electron chi connectivity index (χ4n) is 2.67. The van der Waals surface area contributed by atoms with Crippen LogP contribution >= 0.6 is 0 Å². The smallest absolute Gasteiger partial charge is 0.246 e. The van der Waals surface area contributed by atoms with Gasteiger partial charge in [-0.3, -0.25) is 9.59 Å². The number of hydrogen-bond donors (Lipinski definition) is 3. The van der Waals surface area contributed by atoms with Gasteiger partial charge >= 0.3 is 0 Å². The summed E-state index contributed by atoms with van der Waals surface area (Å²) in [4.78, 5) is 24.3. The molecule has 26 heavy (non-hydrogen) atoms. The molecule has 136 valence electrons. The number of anilines is 3. The van der Waals surface area contributed by atoms with Crippen LogP contribution < -0.4 is 16.0 Å². The Morgan fingerprint density at radius 3 is 2.35 bits per heavy atom. The lowest BCUT2D eigenvalue weighted by molar-refractivity contribution is -0.117. The van der Waals surface area contributed by atoms with Crippen molar-refractivity contribution in [2.24, 2.45) is 5.92 Å². The lowest BCUT2D eigenvalue weighted by atomic mass is 10.1. The van der Waals surface area contributed by atoms with E-state index in [2.05, 4.69) is 22.9 Å². The van der Waals surface area contributed by atoms with Crippen molar-refractivity contribution >= 4 is 28.9 Å². The van der Waals surface area contributed by atoms with Gasteiger partial charge in [-0.2, -0.15) is 0 Å². The molecular formula is C21H25N3O2. The molecule has 0 bridgehead atoms. The van der Waals surface area contributed by atoms with Crippen molar-refractivity contribution in [3.8, 4) is 0 Å². The van der Waals surface area contributed by atoms with E-state index >= 15 is 0 Å². The molecule has 1 fully saturated rings. The zero-order valence-corrected chi connectivity index (χ0v) is 15.2. The van der Waals surface area contributed by atoms with Gasteiger partial charge in [-0.1, -0.05) is 25.1 Å². The van der Waals surface area contributed by atoms with E-state index in [1.54, 1.807) is 0 Å². The molecule has 2 amide bonds. The Morgan fingerprint density at radius 1 is 1.00 bits per heavy atom. The van der Waals surface area contributed by atoms with Crippen molar-refractivity contribution in [2.45, 2.75) is 39.2 Å². The van der Waals surface area contributed by atoms with Gasteiger partial charge in [0.2, 0.25) is 11.8 Å². The number of nitrogens with one attached hydrogen (secondary N) is 3. The first kappa shape index (κ1) is 18.0. The lowest BCUT2D eigenvalue weighted by Crippen LogP contribution is -2.31. The van der Waals surface area contributed by atoms with E-state index in [4.69, 9.17) is 0 Å². The van der Waals surface area contributed by atoms with E-state index in [1.165, 1.54) is 5.56 Å². The molecule has 1 saturated carbocycles. The minimum Gasteiger partial charge on any atom is -0.374 e. The highest BCUT2D eigenvalue weighted by molar-refractivity contribution is 5.97. The average Bonchev–Trinajstić information content (AvgIpc) is 3.48. The molecule has 0 saturated heterocycles. The molecule has 5 heteroatoms. The van der Waals surface area contributed by atoms with E-state index < -0.39 is 6.04 Å². The van der Waals surface area contributed by atoms with Crippen LogP contribution in [-0.4, -0.2) is 17.9 Å². The van der Waals surface area contributed by atoms with Crippen LogP contribution in [0.15, 0.2) is 48.5 Å². The fraction of sp³-hybridized carbons (Fsp3) is 0.333. The predicted molar refractivity (Wildman–Crippen MR) is 105 cm³/mol. The quantitative estimate of drug-likeness (QED) is 0.705. The van der Waals surface area contributed by atoms with Crippen LogP contribution in [0.1, 0.15) is 32.3 Å². The molecule has 0 heterocycles. The summed E-state index contributed by atoms with van der Waals surface area (Å²) in [7, 11) is 0. The summed E-state index contributed by atoms with van der Waals surface area (Å²) in [6.45, 7) is 3.91. The molecule has 3 N–H and O–H groups in total. The van der Waals surface area contributed by atoms with E-state index in [0.29, 0.717) is 0 Å². The van der Waals surface area contributed by atoms with Gasteiger partial charge < -0.3 is 16.0 Å². The highest BCUT2D eigenvalue weighted by Gasteiger charge is 2.29. The summed E-state index contributed by atoms with van der Waals surface area (Å²) in [5, 5.41) is 9.01. The number of carbonyl (C=O) groups excluding carboxylic acids is 2. The molecule has 0 spiro atoms. The second-order valence-corrected chi connectivity index (χ2v) is 6.75. The third kappa shape index (κ3) is 4.85. The van der Waals surface area contributed by atoms with E-state index in [-0.39, 0.29) is 17.7 Å². The second-order valence-electron chi connectivity index (χ2n) is 6.75. The molecular weight excluding hydrogens is 326 g/mol. The Labute approximate surface area is 154 Å². The first-order valence-corrected chi connectivity index (χ1v) is 9.12. The fourth-order valence-corrected chi connectivity index (χ4v) is 2.67. The molecule has 2 aromatic rings. The van der Waals surface area contributed by atoms with Crippen molar-refractivity contribution in [2.75, 3.05) is 16.0 Å². The third-order valence-electron chi connectivity index (χ3n) is 4.48. The molecule has 2 aromatic carbocycles. The van der Waals surface area contributed by atoms with Crippen LogP contribution in [0.5, 0.6) is 0 Å². The maximum Gasteiger partial charge on any atom is 0.246 e. The van der Waals surface area contributed by atoms with Crippen LogP contribution in [0.2, 0.25) is 0 Å². The molecule has 1 atom stereocenters. The summed E-state index contributed by atoms with van der Waals surface area (Å²) < 4.78 is 0. The van der Waals surface area contributed by atoms with Gasteiger partial charge in [0.05, 0.1) is 0 Å². The number of hydrogen-bond acceptors (Lipinski definition) is 3. The van der Waals surface area contributed by atoms with Crippen molar-refractivity contribution < 1.29 is 9.59 Å². The predicted octanol–water partition coefficient (Wildman–Crippen LogP) is 4.04. The number of benzene rings is 2. The maximum absolute atomic E-state index is 12.4. The number of amides is 2. The Bertz CT molecular complexity index is 782. The average molecular weight is 351 g/mol. The van der Waals surface area contributed by atoms with Crippen LogP contribution in [0, 0.1) is 5.92 Å². The molecule has 5 nitrogen and oxygen atoms in total. The van der Waals surface area contributed by atoms with Gasteiger partial charge in [-0.05, 0) is 62.1 Å². The monoisotopic (exact) mass is 351 g/mol. The molecule has 0 radical (unpaired) electrons. The second kappa shape index (κ2) is 8.04. The van der Waals surface area contributed by atoms with E-state index in [9.17, 15) is 9.59 Å². The molecule has 1 aliphatic carbocycles. The van der Waals surface area contributed by atoms with Crippen molar-refractivity contribution in [3.05, 3.63) is 54.1 Å². The van der Waals surface area contributed by atoms with Gasteiger partial charge in [-0.25, -0.2) is 0 Å². The number of carbonyl (C=O) groups is 2. The third-order valence-corrected chi connectivity index (χ3v) is 4.48. The minimum atomic E-state index is -0.407. The Balaban J connectivity index is 1.56. The topological polar surface area (TPSA) is 70.2 Å². The standard InChI is InChI=1S/C21H25N3O2/c1-3-15-7-11-17(12-8-15)23-20(25)14(2)22-18-5-4-6-19(13-18)24-21(26)16-9-10-16/h4-8,11-14,16,22H,3,9-10H2,1-2H3,(H,23,25)(H,24,26). The van der Waals surface area contributed by atoms with Crippen LogP contribution in [0.25, 0.3) is 0 Å². The Hall–Kier alpha value is -2.82. The summed E-state index contributed by atoms with van der Waals surface area (Å²) in [6.07, 6.45) is 2.92. The number of aryl methyl sites for hydroxylation is 1. The summed E-state index contributed by atoms with van der Waals surface area (Å²) in [6, 6.07) is 14.9. The van der Waals surface area contributed by atoms with Gasteiger partial charge in [0.15, 0.2) is 0 Å². The highest BCUT2D eigenvalue weighted by atomic mass is 16.2. The number of rotatable bonds is 7. The van der Waals surface area contributed by atoms with Crippen LogP contribution in [0.4, 0.5) is 17.1 Å². The zero-order chi connectivity index (χ0) is 18.5. The Morgan fingerprint density at radius 2 is 1.69 bits per heavy atom. The first-order valence-electron chi connectivity index (χ1n) is 9.12. The molecule has 0 aliphatic heterocycles. The van der Waals surface area contributed by atoms with Crippen LogP contribution in [-0.2, 0) is 16.0 Å². The zero-order valence-electron chi connectivity index (χ0n) is 15.2. The molecule has 1 aliphatic rings. The van der Waals surface area contributed by atoms with E-state index in [1.807, 2.05) is 55.5 Å². The summed E-state index contributed by atoms with van der Waals surface area (Å²) in [5.41, 5.74) is 3.56. The maximum atomic E-state index is 12.4. The van der Waals surface area contributed by atoms with Gasteiger partial charge in [0, 0.05) is 23.0 Å². The van der Waals surface area contributed by atoms with Crippen molar-refractivity contribution in [1.82, 2.24) is 0 Å². The van der Waals surface area contributed by atoms with Crippen molar-refractivity contribution in [3.63, 3.8) is 0 Å². The SMILES string of the molecule is CCc1ccc(NC(=O)C(C)Nc2cccc(NC(=O)C3CC3)c2)cc1. The highest BCUT2D eigenvalue weighted by Crippen LogP contribution is 2.30. The largest absolute Gasteiger partial charge is 0.374 e. The van der Waals surface area contributed by atoms with Gasteiger partial charge in [0.25, 0.3) is 0 Å². The lowest BCUT2D eigenvalue weighted by Gasteiger charge is -2.16. The molecule has 1 unspecified atom stereocenters. The van der Waals surface area contributed by atoms with E-state index in [0.717, 1.165) is 36.3 Å². The summed E-state index contributed by atoms with van der Waals surface area (Å²) >= 11 is 0. The molecule has 0 aromatic heterocycles. The minimum absolute atomic E-state index is 0.0727. The summed E-state index contributed by atoms with van der Waals surface area (Å²) in [5.74, 6) is 0.126. The Kier molecular flexibility index (Phi) is 5.56. The van der Waals surface area contributed by atoms with Gasteiger partial charge in [-0.15, -0.1) is 0 Å².